The number of nitrogens with zero attached hydrogens (tertiary/aromatic N) is 6. The van der Waals surface area contributed by atoms with E-state index in [0.717, 1.165) is 24.5 Å². The number of carbonyl (C=O) groups is 2. The summed E-state index contributed by atoms with van der Waals surface area (Å²) in [7, 11) is 4.90. The maximum atomic E-state index is 13.6. The highest BCUT2D eigenvalue weighted by atomic mass is 16.5. The van der Waals surface area contributed by atoms with Crippen molar-refractivity contribution in [2.24, 2.45) is 4.99 Å². The molecule has 5 rings (SSSR count). The van der Waals surface area contributed by atoms with Crippen molar-refractivity contribution >= 4 is 23.7 Å². The number of aryl methyl sites for hydroxylation is 1. The normalized spacial score (nSPS) is 20.4. The first-order valence-electron chi connectivity index (χ1n) is 11.7. The number of aliphatic imine (C=N–C) groups is 1. The molecule has 0 aliphatic carbocycles. The predicted octanol–water partition coefficient (Wildman–Crippen LogP) is 2.06. The van der Waals surface area contributed by atoms with Gasteiger partial charge in [0.2, 0.25) is 11.9 Å². The van der Waals surface area contributed by atoms with E-state index in [9.17, 15) is 9.59 Å². The molecule has 0 bridgehead atoms. The molecule has 10 nitrogen and oxygen atoms in total. The van der Waals surface area contributed by atoms with E-state index in [2.05, 4.69) is 4.90 Å². The van der Waals surface area contributed by atoms with E-state index in [1.165, 1.54) is 29.1 Å². The van der Waals surface area contributed by atoms with Crippen molar-refractivity contribution in [3.63, 3.8) is 0 Å². The molecule has 34 heavy (non-hydrogen) atoms. The minimum atomic E-state index is -0.664. The molecule has 0 N–H and O–H groups in total. The number of amides is 3. The molecule has 1 unspecified atom stereocenters. The van der Waals surface area contributed by atoms with Crippen LogP contribution in [0.4, 0.5) is 10.7 Å². The van der Waals surface area contributed by atoms with Gasteiger partial charge in [-0.1, -0.05) is 11.4 Å². The molecule has 2 fully saturated rings. The highest BCUT2D eigenvalue weighted by molar-refractivity contribution is 6.19. The van der Waals surface area contributed by atoms with Crippen molar-refractivity contribution in [1.29, 1.82) is 0 Å². The average molecular weight is 468 g/mol. The molecule has 1 atom stereocenters. The number of piperidine rings is 1. The summed E-state index contributed by atoms with van der Waals surface area (Å²) in [5.74, 6) is 2.09. The van der Waals surface area contributed by atoms with E-state index >= 15 is 0 Å². The quantitative estimate of drug-likeness (QED) is 0.608. The summed E-state index contributed by atoms with van der Waals surface area (Å²) < 4.78 is 14.7. The minimum Gasteiger partial charge on any atom is -0.497 e. The number of carbonyl (C=O) groups excluding carboxylic acids is 2. The molecular weight excluding hydrogens is 436 g/mol. The zero-order valence-electron chi connectivity index (χ0n) is 20.2. The number of hydrogen-bond acceptors (Lipinski definition) is 6. The average Bonchev–Trinajstić information content (AvgIpc) is 3.37. The number of likely N-dealkylation sites (N-methyl/N-ethyl adjacent to an activating group) is 1. The van der Waals surface area contributed by atoms with Crippen LogP contribution in [0.5, 0.6) is 11.5 Å². The van der Waals surface area contributed by atoms with Crippen molar-refractivity contribution < 1.29 is 23.6 Å². The van der Waals surface area contributed by atoms with Crippen LogP contribution in [-0.2, 0) is 4.79 Å². The number of fused-ring (bicyclic) bond motifs is 3. The fourth-order valence-corrected chi connectivity index (χ4v) is 5.08. The number of ether oxygens (including phenoxy) is 2. The van der Waals surface area contributed by atoms with Gasteiger partial charge in [-0.05, 0) is 45.0 Å². The van der Waals surface area contributed by atoms with Crippen molar-refractivity contribution in [1.82, 2.24) is 19.3 Å². The third-order valence-corrected chi connectivity index (χ3v) is 6.92. The Morgan fingerprint density at radius 3 is 2.56 bits per heavy atom. The molecule has 0 radical (unpaired) electrons. The Hall–Kier alpha value is -3.40. The number of likely N-dealkylation sites (tertiary alicyclic amines) is 1. The molecule has 3 amide bonds. The minimum absolute atomic E-state index is 0.235. The molecule has 0 spiro atoms. The Morgan fingerprint density at radius 1 is 1.09 bits per heavy atom. The van der Waals surface area contributed by atoms with Gasteiger partial charge in [0.05, 0.1) is 14.2 Å². The highest BCUT2D eigenvalue weighted by Gasteiger charge is 2.53. The van der Waals surface area contributed by atoms with Gasteiger partial charge in [0.25, 0.3) is 5.91 Å². The number of urea groups is 1. The Balaban J connectivity index is 1.49. The molecule has 1 aromatic heterocycles. The van der Waals surface area contributed by atoms with E-state index in [4.69, 9.17) is 14.5 Å². The van der Waals surface area contributed by atoms with E-state index < -0.39 is 6.04 Å². The van der Waals surface area contributed by atoms with Gasteiger partial charge in [-0.3, -0.25) is 14.6 Å². The first-order chi connectivity index (χ1) is 16.4. The van der Waals surface area contributed by atoms with Crippen molar-refractivity contribution in [2.75, 3.05) is 47.4 Å². The van der Waals surface area contributed by atoms with Crippen LogP contribution in [-0.4, -0.2) is 84.5 Å². The lowest BCUT2D eigenvalue weighted by atomic mass is 10.1. The van der Waals surface area contributed by atoms with E-state index in [1.54, 1.807) is 21.3 Å². The summed E-state index contributed by atoms with van der Waals surface area (Å²) in [6.45, 7) is 5.08. The van der Waals surface area contributed by atoms with Crippen molar-refractivity contribution in [2.45, 2.75) is 32.2 Å². The highest BCUT2D eigenvalue weighted by Crippen LogP contribution is 2.35. The van der Waals surface area contributed by atoms with Crippen LogP contribution in [0.1, 0.15) is 31.0 Å². The molecule has 2 saturated heterocycles. The summed E-state index contributed by atoms with van der Waals surface area (Å²) in [5.41, 5.74) is 1.68. The molecule has 180 valence electrons. The second-order valence-corrected chi connectivity index (χ2v) is 8.96. The van der Waals surface area contributed by atoms with Gasteiger partial charge in [-0.25, -0.2) is 9.36 Å². The third kappa shape index (κ3) is 3.53. The number of imidazole rings is 1. The zero-order valence-corrected chi connectivity index (χ0v) is 20.2. The Bertz CT molecular complexity index is 1170. The Labute approximate surface area is 199 Å². The summed E-state index contributed by atoms with van der Waals surface area (Å²) in [5, 5.41) is 0. The van der Waals surface area contributed by atoms with Crippen molar-refractivity contribution in [3.05, 3.63) is 30.1 Å². The summed E-state index contributed by atoms with van der Waals surface area (Å²) in [6.07, 6.45) is 5.49. The van der Waals surface area contributed by atoms with Crippen molar-refractivity contribution in [3.8, 4) is 17.2 Å². The van der Waals surface area contributed by atoms with E-state index in [1.807, 2.05) is 40.5 Å². The topological polar surface area (TPSA) is 83.5 Å². The van der Waals surface area contributed by atoms with Crippen LogP contribution >= 0.6 is 0 Å². The fraction of sp³-hybridized carbons (Fsp3) is 0.500. The lowest BCUT2D eigenvalue weighted by Gasteiger charge is -2.35. The van der Waals surface area contributed by atoms with Crippen LogP contribution < -0.4 is 14.0 Å². The smallest absolute Gasteiger partial charge is 0.407 e. The predicted molar refractivity (Wildman–Crippen MR) is 125 cm³/mol. The number of imide groups is 1. The van der Waals surface area contributed by atoms with Gasteiger partial charge in [0.1, 0.15) is 23.3 Å². The van der Waals surface area contributed by atoms with Crippen LogP contribution in [0.3, 0.4) is 0 Å². The molecule has 3 aliphatic rings. The van der Waals surface area contributed by atoms with Crippen LogP contribution in [0, 0.1) is 6.92 Å². The molecule has 2 aromatic rings. The van der Waals surface area contributed by atoms with Crippen LogP contribution in [0.2, 0.25) is 0 Å². The monoisotopic (exact) mass is 467 g/mol. The zero-order chi connectivity index (χ0) is 24.0. The molecule has 10 heteroatoms. The number of benzene rings is 1. The van der Waals surface area contributed by atoms with E-state index in [-0.39, 0.29) is 11.9 Å². The Morgan fingerprint density at radius 2 is 1.85 bits per heavy atom. The number of rotatable bonds is 6. The summed E-state index contributed by atoms with van der Waals surface area (Å²) >= 11 is 0. The number of methoxy groups -OCH3 is 2. The van der Waals surface area contributed by atoms with E-state index in [0.29, 0.717) is 36.4 Å². The van der Waals surface area contributed by atoms with Gasteiger partial charge in [-0.15, -0.1) is 0 Å². The summed E-state index contributed by atoms with van der Waals surface area (Å²) in [4.78, 5) is 36.6. The number of hydrogen-bond donors (Lipinski definition) is 0. The lowest BCUT2D eigenvalue weighted by molar-refractivity contribution is -0.676. The van der Waals surface area contributed by atoms with Crippen LogP contribution in [0.25, 0.3) is 5.69 Å². The number of aromatic nitrogens is 2. The van der Waals surface area contributed by atoms with Gasteiger partial charge in [0.15, 0.2) is 5.75 Å². The molecular formula is C24H31N6O4+. The van der Waals surface area contributed by atoms with Gasteiger partial charge < -0.3 is 14.4 Å². The second kappa shape index (κ2) is 8.75. The first-order valence-corrected chi connectivity index (χ1v) is 11.7. The molecule has 1 aromatic carbocycles. The largest absolute Gasteiger partial charge is 0.497 e. The maximum absolute atomic E-state index is 13.6. The SMILES string of the molecule is COc1ccc(-n2c(C)c[n+]3c2N=C2C3C(=O)N(CCN3CCCCC3)C(=O)N2C)c(OC)c1. The second-order valence-electron chi connectivity index (χ2n) is 8.96. The molecule has 0 saturated carbocycles. The Kier molecular flexibility index (Phi) is 5.76. The van der Waals surface area contributed by atoms with Gasteiger partial charge in [-0.2, -0.15) is 4.57 Å². The maximum Gasteiger partial charge on any atom is 0.407 e. The fourth-order valence-electron chi connectivity index (χ4n) is 5.08. The number of amidine groups is 1. The summed E-state index contributed by atoms with van der Waals surface area (Å²) in [6, 6.07) is 4.57. The lowest BCUT2D eigenvalue weighted by Crippen LogP contribution is -2.63. The van der Waals surface area contributed by atoms with Gasteiger partial charge in [0, 0.05) is 26.2 Å². The molecule has 4 heterocycles. The van der Waals surface area contributed by atoms with Crippen LogP contribution in [0.15, 0.2) is 29.4 Å². The first kappa shape index (κ1) is 22.4. The third-order valence-electron chi connectivity index (χ3n) is 6.92. The standard InChI is InChI=1S/C24H31N6O4/c1-16-15-29-20-21(25-23(29)30(16)18-9-8-17(33-3)14-19(18)34-4)26(2)24(32)28(22(20)31)13-12-27-10-6-5-7-11-27/h8-9,14-15,20H,5-7,10-13H2,1-4H3/q+1. The molecule has 3 aliphatic heterocycles. The van der Waals surface area contributed by atoms with Gasteiger partial charge >= 0.3 is 12.0 Å².